The van der Waals surface area contributed by atoms with Gasteiger partial charge in [0.2, 0.25) is 17.8 Å². The van der Waals surface area contributed by atoms with Crippen molar-refractivity contribution in [2.75, 3.05) is 71.0 Å². The molecule has 0 spiro atoms. The number of hydrogen-bond acceptors (Lipinski definition) is 11. The maximum absolute atomic E-state index is 13.0. The number of amides is 2. The zero-order chi connectivity index (χ0) is 44.8. The average Bonchev–Trinajstić information content (AvgIpc) is 3.77. The summed E-state index contributed by atoms with van der Waals surface area (Å²) in [7, 11) is 1.65. The molecule has 2 aliphatic heterocycles. The fourth-order valence-electron chi connectivity index (χ4n) is 8.84. The van der Waals surface area contributed by atoms with E-state index in [9.17, 15) is 32.7 Å². The highest BCUT2D eigenvalue weighted by molar-refractivity contribution is 6.00. The third-order valence-corrected chi connectivity index (χ3v) is 12.4. The molecular formula is C46H54F3N9O6. The first-order chi connectivity index (χ1) is 30.9. The molecule has 3 N–H and O–H groups in total. The molecule has 1 aliphatic carbocycles. The van der Waals surface area contributed by atoms with Gasteiger partial charge in [-0.3, -0.25) is 33.8 Å². The first kappa shape index (κ1) is 45.0. The third-order valence-electron chi connectivity index (χ3n) is 12.4. The molecule has 2 amide bonds. The number of ether oxygens (including phenoxy) is 2. The van der Waals surface area contributed by atoms with Gasteiger partial charge in [0.25, 0.3) is 0 Å². The Morgan fingerprint density at radius 2 is 1.67 bits per heavy atom. The zero-order valence-corrected chi connectivity index (χ0v) is 35.9. The number of aryl methyl sites for hydroxylation is 1. The van der Waals surface area contributed by atoms with Crippen LogP contribution in [0.2, 0.25) is 0 Å². The van der Waals surface area contributed by atoms with Gasteiger partial charge >= 0.3 is 11.9 Å². The molecule has 0 unspecified atom stereocenters. The number of fused-ring (bicyclic) bond motifs is 2. The normalized spacial score (nSPS) is 20.1. The van der Waals surface area contributed by atoms with Gasteiger partial charge < -0.3 is 24.5 Å². The minimum Gasteiger partial charge on any atom is -0.393 e. The van der Waals surface area contributed by atoms with E-state index in [-0.39, 0.29) is 55.7 Å². The number of aliphatic hydroxyl groups is 1. The van der Waals surface area contributed by atoms with E-state index in [1.807, 2.05) is 6.07 Å². The van der Waals surface area contributed by atoms with Crippen LogP contribution in [0.5, 0.6) is 0 Å². The number of aromatic nitrogens is 5. The average molecular weight is 886 g/mol. The lowest BCUT2D eigenvalue weighted by Gasteiger charge is -2.34. The number of nitrogens with one attached hydrogen (secondary N) is 2. The Labute approximate surface area is 368 Å². The summed E-state index contributed by atoms with van der Waals surface area (Å²) in [6.07, 6.45) is 1.63. The van der Waals surface area contributed by atoms with Gasteiger partial charge in [0.1, 0.15) is 18.3 Å². The molecule has 0 radical (unpaired) electrons. The summed E-state index contributed by atoms with van der Waals surface area (Å²) in [5.41, 5.74) is 5.51. The summed E-state index contributed by atoms with van der Waals surface area (Å²) in [5.74, 6) is 5.45. The standard InChI is InChI=1S/C46H54F3N9O6/c1-54-40-27-31(6-13-38(40)58(45(54)62)39-14-15-41(60)52-43(39)61)3-2-23-63-25-26-64-24-22-55-18-20-56(21-19-55)29-32-4-7-33(8-5-32)37-30-57(34-9-11-35(59)12-10-34)42-36(37)28-51-44(53-42)50-17-16-46(47,48)49/h4-8,13,27-28,30,34-35,39,59H,9-12,14-26,29H2,1H3,(H,50,51,53)(H,52,60,61)/t34?,35?,39-/m0/s1. The third kappa shape index (κ3) is 10.8. The van der Waals surface area contributed by atoms with Gasteiger partial charge in [-0.05, 0) is 61.4 Å². The van der Waals surface area contributed by atoms with Crippen molar-refractivity contribution in [1.29, 1.82) is 0 Å². The van der Waals surface area contributed by atoms with Crippen molar-refractivity contribution >= 4 is 39.8 Å². The highest BCUT2D eigenvalue weighted by Gasteiger charge is 2.32. The zero-order valence-electron chi connectivity index (χ0n) is 35.9. The van der Waals surface area contributed by atoms with Crippen LogP contribution in [0.25, 0.3) is 33.2 Å². The molecule has 64 heavy (non-hydrogen) atoms. The van der Waals surface area contributed by atoms with Crippen LogP contribution in [0.1, 0.15) is 68.2 Å². The maximum atomic E-state index is 13.0. The van der Waals surface area contributed by atoms with Crippen molar-refractivity contribution < 1.29 is 37.3 Å². The molecule has 3 aromatic heterocycles. The summed E-state index contributed by atoms with van der Waals surface area (Å²) in [4.78, 5) is 51.0. The van der Waals surface area contributed by atoms with Crippen molar-refractivity contribution in [1.82, 2.24) is 38.8 Å². The number of carbonyl (C=O) groups is 2. The Hall–Kier alpha value is -5.58. The number of carbonyl (C=O) groups excluding carboxylic acids is 2. The summed E-state index contributed by atoms with van der Waals surface area (Å²) in [6.45, 7) is 6.85. The Balaban J connectivity index is 0.754. The lowest BCUT2D eigenvalue weighted by molar-refractivity contribution is -0.136. The summed E-state index contributed by atoms with van der Waals surface area (Å²) in [6, 6.07) is 13.3. The van der Waals surface area contributed by atoms with Crippen LogP contribution < -0.4 is 16.3 Å². The van der Waals surface area contributed by atoms with E-state index in [0.29, 0.717) is 54.9 Å². The smallest absolute Gasteiger partial charge is 0.390 e. The molecule has 5 heterocycles. The molecule has 3 aliphatic rings. The number of halogens is 3. The van der Waals surface area contributed by atoms with Crippen molar-refractivity contribution in [3.63, 3.8) is 0 Å². The van der Waals surface area contributed by atoms with Crippen LogP contribution in [0, 0.1) is 11.8 Å². The number of imide groups is 1. The molecule has 2 aromatic carbocycles. The molecule has 3 fully saturated rings. The molecule has 18 heteroatoms. The van der Waals surface area contributed by atoms with Crippen molar-refractivity contribution in [2.45, 2.75) is 75.9 Å². The highest BCUT2D eigenvalue weighted by Crippen LogP contribution is 2.37. The Morgan fingerprint density at radius 3 is 2.42 bits per heavy atom. The lowest BCUT2D eigenvalue weighted by atomic mass is 9.93. The van der Waals surface area contributed by atoms with E-state index in [4.69, 9.17) is 9.47 Å². The van der Waals surface area contributed by atoms with Crippen LogP contribution >= 0.6 is 0 Å². The monoisotopic (exact) mass is 885 g/mol. The number of aliphatic hydroxyl groups excluding tert-OH is 1. The SMILES string of the molecule is Cn1c(=O)n([C@H]2CCC(=O)NC2=O)c2ccc(C#CCOCCOCCN3CCN(Cc4ccc(-c5cn(C6CCC(O)CC6)c6nc(NCCC(F)(F)F)ncc56)cc4)CC3)cc21. The number of piperazine rings is 1. The number of nitrogens with zero attached hydrogens (tertiary/aromatic N) is 7. The highest BCUT2D eigenvalue weighted by atomic mass is 19.4. The molecule has 8 rings (SSSR count). The van der Waals surface area contributed by atoms with E-state index < -0.39 is 24.5 Å². The Kier molecular flexibility index (Phi) is 14.1. The Bertz CT molecular complexity index is 2560. The van der Waals surface area contributed by atoms with Crippen LogP contribution in [0.15, 0.2) is 59.7 Å². The molecule has 0 bridgehead atoms. The largest absolute Gasteiger partial charge is 0.393 e. The molecule has 1 atom stereocenters. The molecule has 340 valence electrons. The minimum absolute atomic E-state index is 0.126. The number of imidazole rings is 1. The molecule has 15 nitrogen and oxygen atoms in total. The fourth-order valence-corrected chi connectivity index (χ4v) is 8.84. The van der Waals surface area contributed by atoms with Gasteiger partial charge in [-0.25, -0.2) is 9.78 Å². The van der Waals surface area contributed by atoms with E-state index >= 15 is 0 Å². The second-order valence-corrected chi connectivity index (χ2v) is 16.8. The number of rotatable bonds is 15. The predicted molar refractivity (Wildman–Crippen MR) is 234 cm³/mol. The fraction of sp³-hybridized carbons (Fsp3) is 0.500. The van der Waals surface area contributed by atoms with E-state index in [0.717, 1.165) is 68.6 Å². The second-order valence-electron chi connectivity index (χ2n) is 16.8. The van der Waals surface area contributed by atoms with E-state index in [1.165, 1.54) is 14.7 Å². The van der Waals surface area contributed by atoms with Gasteiger partial charge in [0.15, 0.2) is 0 Å². The minimum atomic E-state index is -4.27. The van der Waals surface area contributed by atoms with Crippen molar-refractivity contribution in [3.05, 3.63) is 76.5 Å². The number of anilines is 1. The van der Waals surface area contributed by atoms with Gasteiger partial charge in [0, 0.05) is 94.2 Å². The number of hydrogen-bond donors (Lipinski definition) is 3. The molecule has 1 saturated carbocycles. The number of piperidine rings is 1. The van der Waals surface area contributed by atoms with Crippen LogP contribution in [-0.4, -0.2) is 128 Å². The van der Waals surface area contributed by atoms with Crippen LogP contribution in [0.4, 0.5) is 19.1 Å². The van der Waals surface area contributed by atoms with Gasteiger partial charge in [0.05, 0.1) is 43.4 Å². The van der Waals surface area contributed by atoms with Crippen LogP contribution in [-0.2, 0) is 32.7 Å². The summed E-state index contributed by atoms with van der Waals surface area (Å²) >= 11 is 0. The van der Waals surface area contributed by atoms with Crippen molar-refractivity contribution in [2.24, 2.45) is 7.05 Å². The molecular weight excluding hydrogens is 832 g/mol. The van der Waals surface area contributed by atoms with E-state index in [1.54, 1.807) is 25.4 Å². The summed E-state index contributed by atoms with van der Waals surface area (Å²) < 4.78 is 54.9. The number of benzene rings is 2. The van der Waals surface area contributed by atoms with E-state index in [2.05, 4.69) is 77.3 Å². The molecule has 2 saturated heterocycles. The lowest BCUT2D eigenvalue weighted by Crippen LogP contribution is -2.46. The number of alkyl halides is 3. The maximum Gasteiger partial charge on any atom is 0.390 e. The first-order valence-electron chi connectivity index (χ1n) is 22.0. The van der Waals surface area contributed by atoms with Crippen molar-refractivity contribution in [3.8, 4) is 23.0 Å². The first-order valence-corrected chi connectivity index (χ1v) is 22.0. The second kappa shape index (κ2) is 20.1. The predicted octanol–water partition coefficient (Wildman–Crippen LogP) is 4.77. The Morgan fingerprint density at radius 1 is 0.922 bits per heavy atom. The molecule has 5 aromatic rings. The quantitative estimate of drug-likeness (QED) is 0.0755. The van der Waals surface area contributed by atoms with Crippen LogP contribution in [0.3, 0.4) is 0 Å². The summed E-state index contributed by atoms with van der Waals surface area (Å²) in [5, 5.41) is 16.0. The van der Waals surface area contributed by atoms with Gasteiger partial charge in [-0.15, -0.1) is 0 Å². The van der Waals surface area contributed by atoms with Gasteiger partial charge in [-0.2, -0.15) is 18.2 Å². The topological polar surface area (TPSA) is 161 Å². The van der Waals surface area contributed by atoms with Gasteiger partial charge in [-0.1, -0.05) is 36.1 Å².